The largest absolute Gasteiger partial charge is 0.480 e. The van der Waals surface area contributed by atoms with Gasteiger partial charge in [0.25, 0.3) is 22.1 Å². The summed E-state index contributed by atoms with van der Waals surface area (Å²) in [4.78, 5) is 20.4. The quantitative estimate of drug-likeness (QED) is 0.347. The third kappa shape index (κ3) is 5.33. The van der Waals surface area contributed by atoms with Crippen molar-refractivity contribution < 1.29 is 45.5 Å². The van der Waals surface area contributed by atoms with Gasteiger partial charge in [0, 0.05) is 13.1 Å². The molecule has 0 aliphatic heterocycles. The van der Waals surface area contributed by atoms with E-state index in [2.05, 4.69) is 4.74 Å². The van der Waals surface area contributed by atoms with E-state index in [4.69, 9.17) is 5.11 Å². The zero-order valence-corrected chi connectivity index (χ0v) is 14.4. The number of ether oxygens (including phenoxy) is 1. The van der Waals surface area contributed by atoms with Crippen LogP contribution in [0.25, 0.3) is 0 Å². The third-order valence-corrected chi connectivity index (χ3v) is 5.26. The molecule has 3 unspecified atom stereocenters. The van der Waals surface area contributed by atoms with Gasteiger partial charge in [-0.3, -0.25) is 14.9 Å². The Hall–Kier alpha value is -2.32. The van der Waals surface area contributed by atoms with E-state index in [-0.39, 0.29) is 4.31 Å². The lowest BCUT2D eigenvalue weighted by Gasteiger charge is -2.25. The number of halogens is 4. The number of rotatable bonds is 10. The molecule has 0 radical (unpaired) electrons. The summed E-state index contributed by atoms with van der Waals surface area (Å²) in [6.45, 7) is -1.32. The Morgan fingerprint density at radius 1 is 1.30 bits per heavy atom. The summed E-state index contributed by atoms with van der Waals surface area (Å²) < 4.78 is 79.4. The van der Waals surface area contributed by atoms with Crippen LogP contribution in [0.1, 0.15) is 0 Å². The Morgan fingerprint density at radius 3 is 2.33 bits per heavy atom. The molecule has 0 aliphatic rings. The molecule has 1 N–H and O–H groups in total. The maximum absolute atomic E-state index is 13.2. The van der Waals surface area contributed by atoms with E-state index in [0.717, 1.165) is 18.2 Å². The van der Waals surface area contributed by atoms with Crippen LogP contribution in [0.4, 0.5) is 23.2 Å². The topological polar surface area (TPSA) is 127 Å². The lowest BCUT2D eigenvalue weighted by molar-refractivity contribution is -0.387. The number of carboxylic acids is 1. The van der Waals surface area contributed by atoms with Gasteiger partial charge in [-0.1, -0.05) is 12.1 Å². The number of carboxylic acid groups (broad SMARTS) is 1. The van der Waals surface area contributed by atoms with Crippen molar-refractivity contribution in [2.45, 2.75) is 29.9 Å². The molecule has 9 nitrogen and oxygen atoms in total. The first-order chi connectivity index (χ1) is 12.4. The zero-order chi connectivity index (χ0) is 20.9. The van der Waals surface area contributed by atoms with E-state index in [1.54, 1.807) is 0 Å². The molecule has 14 heteroatoms. The van der Waals surface area contributed by atoms with Gasteiger partial charge >= 0.3 is 5.97 Å². The number of carbonyl (C=O) groups is 1. The van der Waals surface area contributed by atoms with Gasteiger partial charge in [0.05, 0.1) is 11.5 Å². The van der Waals surface area contributed by atoms with Crippen molar-refractivity contribution >= 4 is 21.7 Å². The molecule has 152 valence electrons. The van der Waals surface area contributed by atoms with Crippen LogP contribution in [-0.2, 0) is 19.6 Å². The molecule has 0 aliphatic carbocycles. The number of sulfonamides is 1. The summed E-state index contributed by atoms with van der Waals surface area (Å²) in [7, 11) is -4.07. The number of hydrogen-bond donors (Lipinski definition) is 1. The van der Waals surface area contributed by atoms with Crippen LogP contribution >= 0.6 is 0 Å². The van der Waals surface area contributed by atoms with E-state index >= 15 is 0 Å². The second-order valence-corrected chi connectivity index (χ2v) is 7.03. The number of nitro groups is 1. The standard InChI is InChI=1S/C13H14F4N2O7S/c1-18(8(13(20)21)6-26-12(17)10(14)11(15)16)27(24,25)9-5-3-2-4-7(9)19(22)23/h2-5,8,10-12H,6H2,1H3,(H,20,21). The minimum absolute atomic E-state index is 0.125. The molecule has 0 saturated carbocycles. The minimum atomic E-state index is -4.78. The summed E-state index contributed by atoms with van der Waals surface area (Å²) in [5, 5.41) is 20.1. The van der Waals surface area contributed by atoms with Gasteiger partial charge in [0.1, 0.15) is 6.04 Å². The van der Waals surface area contributed by atoms with Crippen LogP contribution in [0.15, 0.2) is 29.2 Å². The molecule has 1 aromatic carbocycles. The SMILES string of the molecule is CN(C(COC(F)C(F)C(F)F)C(=O)O)S(=O)(=O)c1ccccc1[N+](=O)[O-]. The highest BCUT2D eigenvalue weighted by Crippen LogP contribution is 2.27. The maximum atomic E-state index is 13.2. The molecule has 0 bridgehead atoms. The van der Waals surface area contributed by atoms with Gasteiger partial charge in [0.15, 0.2) is 4.90 Å². The molecule has 0 heterocycles. The fraction of sp³-hybridized carbons (Fsp3) is 0.462. The van der Waals surface area contributed by atoms with Crippen LogP contribution in [0.2, 0.25) is 0 Å². The molecular weight excluding hydrogens is 404 g/mol. The number of likely N-dealkylation sites (N-methyl/N-ethyl adjacent to an activating group) is 1. The first-order valence-electron chi connectivity index (χ1n) is 7.03. The molecule has 0 amide bonds. The van der Waals surface area contributed by atoms with Crippen LogP contribution in [0.5, 0.6) is 0 Å². The first kappa shape index (κ1) is 22.7. The van der Waals surface area contributed by atoms with Gasteiger partial charge in [-0.05, 0) is 6.07 Å². The van der Waals surface area contributed by atoms with E-state index in [9.17, 15) is 40.9 Å². The molecule has 27 heavy (non-hydrogen) atoms. The monoisotopic (exact) mass is 418 g/mol. The van der Waals surface area contributed by atoms with Crippen molar-refractivity contribution in [1.82, 2.24) is 4.31 Å². The Kier molecular flexibility index (Phi) is 7.62. The maximum Gasteiger partial charge on any atom is 0.324 e. The van der Waals surface area contributed by atoms with E-state index in [0.29, 0.717) is 7.05 Å². The van der Waals surface area contributed by atoms with Crippen molar-refractivity contribution in [3.63, 3.8) is 0 Å². The highest BCUT2D eigenvalue weighted by atomic mass is 32.2. The summed E-state index contributed by atoms with van der Waals surface area (Å²) in [6.07, 6.45) is -10.3. The number of para-hydroxylation sites is 1. The highest BCUT2D eigenvalue weighted by molar-refractivity contribution is 7.89. The Bertz CT molecular complexity index is 793. The lowest BCUT2D eigenvalue weighted by atomic mass is 10.3. The smallest absolute Gasteiger partial charge is 0.324 e. The van der Waals surface area contributed by atoms with Gasteiger partial charge in [-0.2, -0.15) is 4.31 Å². The number of hydrogen-bond acceptors (Lipinski definition) is 6. The second-order valence-electron chi connectivity index (χ2n) is 5.06. The van der Waals surface area contributed by atoms with Crippen molar-refractivity contribution in [2.24, 2.45) is 0 Å². The third-order valence-electron chi connectivity index (χ3n) is 3.35. The lowest BCUT2D eigenvalue weighted by Crippen LogP contribution is -2.46. The van der Waals surface area contributed by atoms with Crippen molar-refractivity contribution in [1.29, 1.82) is 0 Å². The molecule has 0 saturated heterocycles. The zero-order valence-electron chi connectivity index (χ0n) is 13.5. The van der Waals surface area contributed by atoms with Crippen LogP contribution in [-0.4, -0.2) is 67.4 Å². The van der Waals surface area contributed by atoms with Gasteiger partial charge in [0.2, 0.25) is 12.5 Å². The summed E-state index contributed by atoms with van der Waals surface area (Å²) in [6, 6.07) is 1.86. The number of nitro benzene ring substituents is 1. The van der Waals surface area contributed by atoms with Crippen LogP contribution in [0, 0.1) is 10.1 Å². The molecule has 0 spiro atoms. The van der Waals surface area contributed by atoms with Gasteiger partial charge in [-0.25, -0.2) is 26.0 Å². The Balaban J connectivity index is 3.12. The van der Waals surface area contributed by atoms with Gasteiger partial charge < -0.3 is 9.84 Å². The number of alkyl halides is 4. The fourth-order valence-corrected chi connectivity index (χ4v) is 3.32. The van der Waals surface area contributed by atoms with Gasteiger partial charge in [-0.15, -0.1) is 0 Å². The van der Waals surface area contributed by atoms with Crippen molar-refractivity contribution in [2.75, 3.05) is 13.7 Å². The summed E-state index contributed by atoms with van der Waals surface area (Å²) >= 11 is 0. The molecule has 1 rings (SSSR count). The molecule has 1 aromatic rings. The fourth-order valence-electron chi connectivity index (χ4n) is 1.87. The average molecular weight is 418 g/mol. The minimum Gasteiger partial charge on any atom is -0.480 e. The number of benzene rings is 1. The van der Waals surface area contributed by atoms with E-state index in [1.807, 2.05) is 0 Å². The average Bonchev–Trinajstić information content (AvgIpc) is 2.60. The Labute approximate surface area is 150 Å². The van der Waals surface area contributed by atoms with Crippen LogP contribution in [0.3, 0.4) is 0 Å². The number of aliphatic carboxylic acids is 1. The predicted molar refractivity (Wildman–Crippen MR) is 81.2 cm³/mol. The summed E-state index contributed by atoms with van der Waals surface area (Å²) in [5.74, 6) is -1.88. The molecule has 0 aromatic heterocycles. The van der Waals surface area contributed by atoms with E-state index < -0.39 is 63.1 Å². The van der Waals surface area contributed by atoms with E-state index in [1.165, 1.54) is 6.07 Å². The second kappa shape index (κ2) is 9.05. The number of nitrogens with zero attached hydrogens (tertiary/aromatic N) is 2. The highest BCUT2D eigenvalue weighted by Gasteiger charge is 2.38. The molecular formula is C13H14F4N2O7S. The molecule has 3 atom stereocenters. The predicted octanol–water partition coefficient (Wildman–Crippen LogP) is 1.58. The van der Waals surface area contributed by atoms with Crippen molar-refractivity contribution in [3.8, 4) is 0 Å². The Morgan fingerprint density at radius 2 is 1.85 bits per heavy atom. The normalized spacial score (nSPS) is 15.5. The first-order valence-corrected chi connectivity index (χ1v) is 8.47. The van der Waals surface area contributed by atoms with Crippen LogP contribution < -0.4 is 0 Å². The van der Waals surface area contributed by atoms with Crippen molar-refractivity contribution in [3.05, 3.63) is 34.4 Å². The molecule has 0 fully saturated rings. The summed E-state index contributed by atoms with van der Waals surface area (Å²) in [5.41, 5.74) is -0.848.